The zero-order valence-corrected chi connectivity index (χ0v) is 13.7. The molecule has 1 saturated heterocycles. The molecular formula is C18H19FN6. The minimum atomic E-state index is -0.458. The van der Waals surface area contributed by atoms with Gasteiger partial charge in [-0.3, -0.25) is 9.97 Å². The SMILES string of the molecule is Fc1cc(N2CCNCC2)c(NCc2ccc3nccnc3c2)cn1. The summed E-state index contributed by atoms with van der Waals surface area (Å²) in [4.78, 5) is 14.6. The second kappa shape index (κ2) is 6.98. The summed E-state index contributed by atoms with van der Waals surface area (Å²) in [7, 11) is 0. The Hall–Kier alpha value is -2.80. The van der Waals surface area contributed by atoms with Gasteiger partial charge in [0, 0.05) is 51.2 Å². The van der Waals surface area contributed by atoms with Crippen LogP contribution in [0.5, 0.6) is 0 Å². The molecule has 1 fully saturated rings. The fourth-order valence-corrected chi connectivity index (χ4v) is 3.04. The average Bonchev–Trinajstić information content (AvgIpc) is 2.67. The molecule has 0 saturated carbocycles. The van der Waals surface area contributed by atoms with Gasteiger partial charge in [0.1, 0.15) is 0 Å². The summed E-state index contributed by atoms with van der Waals surface area (Å²) < 4.78 is 13.6. The highest BCUT2D eigenvalue weighted by Gasteiger charge is 2.15. The summed E-state index contributed by atoms with van der Waals surface area (Å²) >= 11 is 0. The minimum Gasteiger partial charge on any atom is -0.378 e. The number of anilines is 2. The topological polar surface area (TPSA) is 66.0 Å². The lowest BCUT2D eigenvalue weighted by atomic mass is 10.2. The van der Waals surface area contributed by atoms with Crippen molar-refractivity contribution in [3.63, 3.8) is 0 Å². The highest BCUT2D eigenvalue weighted by atomic mass is 19.1. The van der Waals surface area contributed by atoms with Crippen molar-refractivity contribution in [1.29, 1.82) is 0 Å². The van der Waals surface area contributed by atoms with E-state index in [-0.39, 0.29) is 0 Å². The summed E-state index contributed by atoms with van der Waals surface area (Å²) in [6.07, 6.45) is 4.93. The number of piperazine rings is 1. The number of nitrogens with one attached hydrogen (secondary N) is 2. The van der Waals surface area contributed by atoms with Crippen LogP contribution in [0.3, 0.4) is 0 Å². The number of nitrogens with zero attached hydrogens (tertiary/aromatic N) is 4. The van der Waals surface area contributed by atoms with Gasteiger partial charge in [0.25, 0.3) is 0 Å². The number of fused-ring (bicyclic) bond motifs is 1. The normalized spacial score (nSPS) is 14.7. The maximum Gasteiger partial charge on any atom is 0.215 e. The highest BCUT2D eigenvalue weighted by molar-refractivity contribution is 5.75. The zero-order valence-electron chi connectivity index (χ0n) is 13.7. The molecule has 0 radical (unpaired) electrons. The smallest absolute Gasteiger partial charge is 0.215 e. The molecule has 6 nitrogen and oxygen atoms in total. The first-order valence-electron chi connectivity index (χ1n) is 8.34. The Bertz CT molecular complexity index is 878. The molecule has 3 aromatic rings. The molecule has 0 atom stereocenters. The third-order valence-electron chi connectivity index (χ3n) is 4.32. The van der Waals surface area contributed by atoms with E-state index in [1.165, 1.54) is 6.07 Å². The summed E-state index contributed by atoms with van der Waals surface area (Å²) in [5.41, 5.74) is 4.51. The highest BCUT2D eigenvalue weighted by Crippen LogP contribution is 2.26. The second-order valence-corrected chi connectivity index (χ2v) is 5.99. The van der Waals surface area contributed by atoms with Gasteiger partial charge in [0.05, 0.1) is 28.6 Å². The van der Waals surface area contributed by atoms with E-state index in [1.807, 2.05) is 18.2 Å². The van der Waals surface area contributed by atoms with Crippen LogP contribution in [-0.2, 0) is 6.54 Å². The van der Waals surface area contributed by atoms with Crippen LogP contribution in [0.1, 0.15) is 5.56 Å². The second-order valence-electron chi connectivity index (χ2n) is 5.99. The molecule has 0 bridgehead atoms. The molecule has 1 aromatic carbocycles. The Balaban J connectivity index is 1.55. The Morgan fingerprint density at radius 2 is 1.84 bits per heavy atom. The number of pyridine rings is 1. The summed E-state index contributed by atoms with van der Waals surface area (Å²) in [6, 6.07) is 7.49. The molecule has 2 aromatic heterocycles. The van der Waals surface area contributed by atoms with E-state index >= 15 is 0 Å². The molecule has 0 spiro atoms. The van der Waals surface area contributed by atoms with E-state index in [4.69, 9.17) is 0 Å². The molecular weight excluding hydrogens is 319 g/mol. The van der Waals surface area contributed by atoms with Crippen molar-refractivity contribution in [2.24, 2.45) is 0 Å². The van der Waals surface area contributed by atoms with Crippen molar-refractivity contribution < 1.29 is 4.39 Å². The Morgan fingerprint density at radius 3 is 2.68 bits per heavy atom. The van der Waals surface area contributed by atoms with Crippen molar-refractivity contribution in [3.8, 4) is 0 Å². The van der Waals surface area contributed by atoms with Gasteiger partial charge in [-0.15, -0.1) is 0 Å². The van der Waals surface area contributed by atoms with Gasteiger partial charge >= 0.3 is 0 Å². The van der Waals surface area contributed by atoms with E-state index in [0.717, 1.165) is 54.2 Å². The summed E-state index contributed by atoms with van der Waals surface area (Å²) in [5.74, 6) is -0.458. The lowest BCUT2D eigenvalue weighted by Crippen LogP contribution is -2.43. The number of hydrogen-bond donors (Lipinski definition) is 2. The zero-order chi connectivity index (χ0) is 17.1. The maximum atomic E-state index is 13.6. The van der Waals surface area contributed by atoms with Crippen molar-refractivity contribution in [2.45, 2.75) is 6.54 Å². The number of benzene rings is 1. The Morgan fingerprint density at radius 1 is 1.04 bits per heavy atom. The van der Waals surface area contributed by atoms with Crippen molar-refractivity contribution >= 4 is 22.4 Å². The van der Waals surface area contributed by atoms with Gasteiger partial charge in [0.2, 0.25) is 5.95 Å². The average molecular weight is 338 g/mol. The summed E-state index contributed by atoms with van der Waals surface area (Å²) in [5, 5.41) is 6.69. The quantitative estimate of drug-likeness (QED) is 0.711. The molecule has 2 N–H and O–H groups in total. The first-order chi connectivity index (χ1) is 12.3. The third-order valence-corrected chi connectivity index (χ3v) is 4.32. The number of hydrogen-bond acceptors (Lipinski definition) is 6. The lowest BCUT2D eigenvalue weighted by molar-refractivity contribution is 0.571. The molecule has 0 amide bonds. The van der Waals surface area contributed by atoms with Crippen LogP contribution in [0.25, 0.3) is 11.0 Å². The van der Waals surface area contributed by atoms with Crippen LogP contribution in [0.4, 0.5) is 15.8 Å². The molecule has 4 rings (SSSR count). The molecule has 0 unspecified atom stereocenters. The standard InChI is InChI=1S/C18H19FN6/c19-18-10-17(25-7-5-20-6-8-25)16(12-24-18)23-11-13-1-2-14-15(9-13)22-4-3-21-14/h1-4,9-10,12,20,23H,5-8,11H2. The fraction of sp³-hybridized carbons (Fsp3) is 0.278. The van der Waals surface area contributed by atoms with Crippen molar-refractivity contribution in [3.05, 3.63) is 54.4 Å². The van der Waals surface area contributed by atoms with E-state index in [0.29, 0.717) is 6.54 Å². The van der Waals surface area contributed by atoms with E-state index in [1.54, 1.807) is 18.6 Å². The first kappa shape index (κ1) is 15.7. The molecule has 7 heteroatoms. The van der Waals surface area contributed by atoms with Crippen LogP contribution in [0.15, 0.2) is 42.9 Å². The van der Waals surface area contributed by atoms with Gasteiger partial charge in [0.15, 0.2) is 0 Å². The van der Waals surface area contributed by atoms with E-state index < -0.39 is 5.95 Å². The first-order valence-corrected chi connectivity index (χ1v) is 8.34. The molecule has 1 aliphatic heterocycles. The molecule has 1 aliphatic rings. The van der Waals surface area contributed by atoms with Gasteiger partial charge < -0.3 is 15.5 Å². The van der Waals surface area contributed by atoms with Gasteiger partial charge in [-0.25, -0.2) is 4.98 Å². The Kier molecular flexibility index (Phi) is 4.39. The predicted molar refractivity (Wildman–Crippen MR) is 96.1 cm³/mol. The van der Waals surface area contributed by atoms with E-state index in [2.05, 4.69) is 30.5 Å². The predicted octanol–water partition coefficient (Wildman–Crippen LogP) is 2.19. The maximum absolute atomic E-state index is 13.6. The van der Waals surface area contributed by atoms with Gasteiger partial charge in [-0.1, -0.05) is 6.07 Å². The lowest BCUT2D eigenvalue weighted by Gasteiger charge is -2.31. The van der Waals surface area contributed by atoms with Crippen LogP contribution in [0.2, 0.25) is 0 Å². The van der Waals surface area contributed by atoms with Crippen molar-refractivity contribution in [2.75, 3.05) is 36.4 Å². The third kappa shape index (κ3) is 3.51. The van der Waals surface area contributed by atoms with Crippen molar-refractivity contribution in [1.82, 2.24) is 20.3 Å². The number of aromatic nitrogens is 3. The monoisotopic (exact) mass is 338 g/mol. The van der Waals surface area contributed by atoms with Gasteiger partial charge in [-0.2, -0.15) is 4.39 Å². The minimum absolute atomic E-state index is 0.458. The van der Waals surface area contributed by atoms with Crippen LogP contribution < -0.4 is 15.5 Å². The van der Waals surface area contributed by atoms with Crippen LogP contribution in [0, 0.1) is 5.95 Å². The molecule has 0 aliphatic carbocycles. The van der Waals surface area contributed by atoms with Crippen LogP contribution >= 0.6 is 0 Å². The molecule has 25 heavy (non-hydrogen) atoms. The number of rotatable bonds is 4. The van der Waals surface area contributed by atoms with Crippen LogP contribution in [-0.4, -0.2) is 41.1 Å². The number of halogens is 1. The largest absolute Gasteiger partial charge is 0.378 e. The molecule has 3 heterocycles. The molecule has 128 valence electrons. The van der Waals surface area contributed by atoms with Gasteiger partial charge in [-0.05, 0) is 17.7 Å². The Labute approximate surface area is 145 Å². The summed E-state index contributed by atoms with van der Waals surface area (Å²) in [6.45, 7) is 4.10. The van der Waals surface area contributed by atoms with E-state index in [9.17, 15) is 4.39 Å². The fourth-order valence-electron chi connectivity index (χ4n) is 3.04.